The summed E-state index contributed by atoms with van der Waals surface area (Å²) in [5, 5.41) is 9.59. The smallest absolute Gasteiger partial charge is 0.284 e. The molecule has 0 aromatic carbocycles. The number of rotatable bonds is 1. The Morgan fingerprint density at radius 3 is 1.82 bits per heavy atom. The Balaban J connectivity index is 3.31. The lowest BCUT2D eigenvalue weighted by Gasteiger charge is -2.42. The third kappa shape index (κ3) is 1.57. The molecule has 8 heteroatoms. The van der Waals surface area contributed by atoms with Gasteiger partial charge in [0.15, 0.2) is 0 Å². The van der Waals surface area contributed by atoms with Crippen molar-refractivity contribution in [3.63, 3.8) is 0 Å². The van der Waals surface area contributed by atoms with Crippen LogP contribution in [0.4, 0.5) is 4.79 Å². The van der Waals surface area contributed by atoms with Gasteiger partial charge in [-0.2, -0.15) is 5.06 Å². The minimum absolute atomic E-state index is 0.0388. The number of hydrogen-bond acceptors (Lipinski definition) is 5. The van der Waals surface area contributed by atoms with E-state index in [4.69, 9.17) is 0 Å². The van der Waals surface area contributed by atoms with Crippen LogP contribution >= 0.6 is 0 Å². The van der Waals surface area contributed by atoms with E-state index in [-0.39, 0.29) is 5.06 Å². The van der Waals surface area contributed by atoms with Crippen LogP contribution in [0.2, 0.25) is 0 Å². The molecule has 1 aliphatic heterocycles. The first kappa shape index (κ1) is 13.1. The Morgan fingerprint density at radius 2 is 1.53 bits per heavy atom. The molecule has 94 valence electrons. The third-order valence-corrected chi connectivity index (χ3v) is 2.74. The van der Waals surface area contributed by atoms with E-state index in [9.17, 15) is 24.4 Å². The van der Waals surface area contributed by atoms with Crippen LogP contribution in [0.15, 0.2) is 0 Å². The fourth-order valence-electron chi connectivity index (χ4n) is 1.64. The van der Waals surface area contributed by atoms with Gasteiger partial charge in [-0.15, -0.1) is 0 Å². The highest BCUT2D eigenvalue weighted by Gasteiger charge is 2.57. The molecule has 1 aliphatic rings. The first-order chi connectivity index (χ1) is 7.65. The molecule has 0 aromatic rings. The van der Waals surface area contributed by atoms with Crippen molar-refractivity contribution in [2.24, 2.45) is 0 Å². The maximum absolute atomic E-state index is 11.9. The molecule has 5 amide bonds. The Bertz CT molecular complexity index is 395. The second kappa shape index (κ2) is 3.81. The maximum atomic E-state index is 11.9. The van der Waals surface area contributed by atoms with Gasteiger partial charge in [-0.3, -0.25) is 29.4 Å². The van der Waals surface area contributed by atoms with Gasteiger partial charge in [0, 0.05) is 21.0 Å². The summed E-state index contributed by atoms with van der Waals surface area (Å²) in [5.74, 6) is -2.78. The molecule has 1 rings (SSSR count). The van der Waals surface area contributed by atoms with Gasteiger partial charge in [0.05, 0.1) is 0 Å². The van der Waals surface area contributed by atoms with E-state index in [0.717, 1.165) is 13.8 Å². The van der Waals surface area contributed by atoms with Crippen molar-refractivity contribution < 1.29 is 24.4 Å². The maximum Gasteiger partial charge on any atom is 0.333 e. The highest BCUT2D eigenvalue weighted by atomic mass is 16.5. The van der Waals surface area contributed by atoms with Crippen LogP contribution in [-0.2, 0) is 14.4 Å². The largest absolute Gasteiger partial charge is 0.333 e. The van der Waals surface area contributed by atoms with E-state index in [1.165, 1.54) is 14.1 Å². The van der Waals surface area contributed by atoms with Crippen LogP contribution < -0.4 is 0 Å². The van der Waals surface area contributed by atoms with Gasteiger partial charge in [-0.25, -0.2) is 4.79 Å². The summed E-state index contributed by atoms with van der Waals surface area (Å²) in [6.45, 7) is 2.08. The number of hydroxylamine groups is 2. The molecular weight excluding hydrogens is 230 g/mol. The molecule has 0 radical (unpaired) electrons. The second-order valence-electron chi connectivity index (χ2n) is 3.91. The SMILES string of the molecule is CC(=O)N(O)C1(C)C(=O)N(C)C(=O)N(C)C1=O. The highest BCUT2D eigenvalue weighted by molar-refractivity contribution is 6.22. The number of hydrogen-bond donors (Lipinski definition) is 1. The lowest BCUT2D eigenvalue weighted by atomic mass is 9.95. The van der Waals surface area contributed by atoms with E-state index >= 15 is 0 Å². The third-order valence-electron chi connectivity index (χ3n) is 2.74. The van der Waals surface area contributed by atoms with Gasteiger partial charge in [-0.1, -0.05) is 0 Å². The number of amides is 5. The first-order valence-electron chi connectivity index (χ1n) is 4.75. The van der Waals surface area contributed by atoms with Crippen LogP contribution in [0.3, 0.4) is 0 Å². The van der Waals surface area contributed by atoms with Gasteiger partial charge in [0.2, 0.25) is 11.4 Å². The molecule has 17 heavy (non-hydrogen) atoms. The predicted octanol–water partition coefficient (Wildman–Crippen LogP) is -0.967. The number of barbiturate groups is 1. The molecule has 1 heterocycles. The Kier molecular flexibility index (Phi) is 2.94. The Morgan fingerprint density at radius 1 is 1.18 bits per heavy atom. The fourth-order valence-corrected chi connectivity index (χ4v) is 1.64. The van der Waals surface area contributed by atoms with Crippen molar-refractivity contribution >= 4 is 23.8 Å². The molecule has 1 N–H and O–H groups in total. The molecule has 0 unspecified atom stereocenters. The number of carbonyl (C=O) groups excluding carboxylic acids is 4. The van der Waals surface area contributed by atoms with E-state index < -0.39 is 29.3 Å². The van der Waals surface area contributed by atoms with Crippen molar-refractivity contribution in [3.05, 3.63) is 0 Å². The molecule has 1 fully saturated rings. The van der Waals surface area contributed by atoms with E-state index in [0.29, 0.717) is 9.80 Å². The summed E-state index contributed by atoms with van der Waals surface area (Å²) in [6, 6.07) is -0.811. The van der Waals surface area contributed by atoms with Gasteiger partial charge in [-0.05, 0) is 6.92 Å². The standard InChI is InChI=1S/C9H13N3O5/c1-5(13)12(17)9(2)6(14)10(3)8(16)11(4)7(9)15/h17H,1-4H3. The average Bonchev–Trinajstić information content (AvgIpc) is 2.30. The summed E-state index contributed by atoms with van der Waals surface area (Å²) >= 11 is 0. The predicted molar refractivity (Wildman–Crippen MR) is 53.6 cm³/mol. The number of imide groups is 2. The van der Waals surface area contributed by atoms with Gasteiger partial charge < -0.3 is 0 Å². The zero-order valence-corrected chi connectivity index (χ0v) is 9.92. The molecule has 0 aliphatic carbocycles. The molecule has 0 bridgehead atoms. The van der Waals surface area contributed by atoms with Crippen LogP contribution in [-0.4, -0.2) is 63.5 Å². The second-order valence-corrected chi connectivity index (χ2v) is 3.91. The molecule has 0 saturated carbocycles. The van der Waals surface area contributed by atoms with E-state index in [1.807, 2.05) is 0 Å². The quantitative estimate of drug-likeness (QED) is 0.363. The zero-order valence-electron chi connectivity index (χ0n) is 9.92. The summed E-state index contributed by atoms with van der Waals surface area (Å²) in [5.41, 5.74) is -2.11. The van der Waals surface area contributed by atoms with Crippen molar-refractivity contribution in [1.29, 1.82) is 0 Å². The molecule has 0 atom stereocenters. The number of likely N-dealkylation sites (N-methyl/N-ethyl adjacent to an activating group) is 2. The Hall–Kier alpha value is -1.96. The van der Waals surface area contributed by atoms with Crippen LogP contribution in [0.1, 0.15) is 13.8 Å². The van der Waals surface area contributed by atoms with Crippen LogP contribution in [0, 0.1) is 0 Å². The molecule has 8 nitrogen and oxygen atoms in total. The number of urea groups is 1. The van der Waals surface area contributed by atoms with Gasteiger partial charge in [0.1, 0.15) is 0 Å². The van der Waals surface area contributed by atoms with Gasteiger partial charge >= 0.3 is 6.03 Å². The van der Waals surface area contributed by atoms with Crippen LogP contribution in [0.25, 0.3) is 0 Å². The van der Waals surface area contributed by atoms with Crippen molar-refractivity contribution in [3.8, 4) is 0 Å². The zero-order chi connectivity index (χ0) is 13.5. The molecule has 0 spiro atoms. The minimum atomic E-state index is -2.11. The lowest BCUT2D eigenvalue weighted by molar-refractivity contribution is -0.203. The summed E-state index contributed by atoms with van der Waals surface area (Å²) in [4.78, 5) is 47.6. The lowest BCUT2D eigenvalue weighted by Crippen LogP contribution is -2.72. The highest BCUT2D eigenvalue weighted by Crippen LogP contribution is 2.24. The van der Waals surface area contributed by atoms with Crippen molar-refractivity contribution in [1.82, 2.24) is 14.9 Å². The van der Waals surface area contributed by atoms with E-state index in [2.05, 4.69) is 0 Å². The summed E-state index contributed by atoms with van der Waals surface area (Å²) in [6.07, 6.45) is 0. The summed E-state index contributed by atoms with van der Waals surface area (Å²) < 4.78 is 0. The monoisotopic (exact) mass is 243 g/mol. The fraction of sp³-hybridized carbons (Fsp3) is 0.556. The summed E-state index contributed by atoms with van der Waals surface area (Å²) in [7, 11) is 2.33. The van der Waals surface area contributed by atoms with Crippen molar-refractivity contribution in [2.45, 2.75) is 19.4 Å². The minimum Gasteiger partial charge on any atom is -0.284 e. The average molecular weight is 243 g/mol. The molecule has 1 saturated heterocycles. The topological polar surface area (TPSA) is 98.2 Å². The Labute approximate surface area is 97.3 Å². The molecule has 0 aromatic heterocycles. The number of nitrogens with zero attached hydrogens (tertiary/aromatic N) is 3. The molecular formula is C9H13N3O5. The van der Waals surface area contributed by atoms with Crippen LogP contribution in [0.5, 0.6) is 0 Å². The van der Waals surface area contributed by atoms with Gasteiger partial charge in [0.25, 0.3) is 11.8 Å². The normalized spacial score (nSPS) is 19.7. The number of carbonyl (C=O) groups is 4. The van der Waals surface area contributed by atoms with Crippen molar-refractivity contribution in [2.75, 3.05) is 14.1 Å². The van der Waals surface area contributed by atoms with E-state index in [1.54, 1.807) is 0 Å². The first-order valence-corrected chi connectivity index (χ1v) is 4.75.